The third-order valence-electron chi connectivity index (χ3n) is 2.74. The average molecular weight is 280 g/mol. The van der Waals surface area contributed by atoms with Crippen LogP contribution in [0.25, 0.3) is 0 Å². The molecule has 0 fully saturated rings. The minimum absolute atomic E-state index is 0.0899. The molecule has 0 aliphatic heterocycles. The van der Waals surface area contributed by atoms with Crippen LogP contribution in [-0.2, 0) is 13.0 Å². The monoisotopic (exact) mass is 279 g/mol. The fourth-order valence-corrected chi connectivity index (χ4v) is 2.06. The summed E-state index contributed by atoms with van der Waals surface area (Å²) in [4.78, 5) is 0. The summed E-state index contributed by atoms with van der Waals surface area (Å²) in [7, 11) is 0. The van der Waals surface area contributed by atoms with Crippen LogP contribution in [0.1, 0.15) is 19.4 Å². The van der Waals surface area contributed by atoms with Gasteiger partial charge in [-0.1, -0.05) is 17.7 Å². The summed E-state index contributed by atoms with van der Waals surface area (Å²) in [5.41, 5.74) is 6.81. The Morgan fingerprint density at radius 1 is 1.42 bits per heavy atom. The molecule has 0 saturated heterocycles. The van der Waals surface area contributed by atoms with Crippen LogP contribution in [0.15, 0.2) is 30.6 Å². The molecule has 5 heteroatoms. The first-order valence-corrected chi connectivity index (χ1v) is 6.70. The zero-order chi connectivity index (χ0) is 13.8. The number of hydrogen-bond donors (Lipinski definition) is 1. The first-order valence-electron chi connectivity index (χ1n) is 6.32. The molecule has 102 valence electrons. The molecule has 0 spiro atoms. The fraction of sp³-hybridized carbons (Fsp3) is 0.357. The van der Waals surface area contributed by atoms with E-state index < -0.39 is 0 Å². The molecule has 2 aromatic rings. The first-order chi connectivity index (χ1) is 9.08. The molecule has 1 unspecified atom stereocenters. The second-order valence-corrected chi connectivity index (χ2v) is 4.98. The quantitative estimate of drug-likeness (QED) is 0.914. The lowest BCUT2D eigenvalue weighted by Crippen LogP contribution is -2.17. The van der Waals surface area contributed by atoms with E-state index in [1.54, 1.807) is 10.9 Å². The highest BCUT2D eigenvalue weighted by Crippen LogP contribution is 2.27. The highest BCUT2D eigenvalue weighted by atomic mass is 35.5. The summed E-state index contributed by atoms with van der Waals surface area (Å²) >= 11 is 6.22. The zero-order valence-corrected chi connectivity index (χ0v) is 11.9. The maximum absolute atomic E-state index is 6.22. The van der Waals surface area contributed by atoms with Crippen molar-refractivity contribution in [2.45, 2.75) is 32.9 Å². The molecule has 0 aliphatic carbocycles. The molecule has 0 bridgehead atoms. The normalized spacial score (nSPS) is 12.4. The van der Waals surface area contributed by atoms with E-state index in [4.69, 9.17) is 22.1 Å². The van der Waals surface area contributed by atoms with Crippen molar-refractivity contribution in [2.24, 2.45) is 5.73 Å². The summed E-state index contributed by atoms with van der Waals surface area (Å²) in [6, 6.07) is 5.74. The van der Waals surface area contributed by atoms with Crippen LogP contribution in [0, 0.1) is 0 Å². The lowest BCUT2D eigenvalue weighted by molar-refractivity contribution is 0.481. The van der Waals surface area contributed by atoms with Crippen molar-refractivity contribution in [3.8, 4) is 11.5 Å². The molecule has 0 saturated carbocycles. The van der Waals surface area contributed by atoms with Crippen LogP contribution in [0.2, 0.25) is 5.02 Å². The van der Waals surface area contributed by atoms with Gasteiger partial charge in [-0.15, -0.1) is 0 Å². The first kappa shape index (κ1) is 13.9. The molecule has 1 aromatic carbocycles. The smallest absolute Gasteiger partial charge is 0.165 e. The van der Waals surface area contributed by atoms with E-state index in [9.17, 15) is 0 Å². The SMILES string of the molecule is CCn1cc(Oc2ccc(CC(C)N)c(Cl)c2)cn1. The lowest BCUT2D eigenvalue weighted by Gasteiger charge is -2.09. The van der Waals surface area contributed by atoms with E-state index in [2.05, 4.69) is 5.10 Å². The Balaban J connectivity index is 2.11. The molecule has 2 rings (SSSR count). The minimum Gasteiger partial charge on any atom is -0.454 e. The third-order valence-corrected chi connectivity index (χ3v) is 3.09. The summed E-state index contributed by atoms with van der Waals surface area (Å²) in [6.07, 6.45) is 4.30. The van der Waals surface area contributed by atoms with E-state index >= 15 is 0 Å². The van der Waals surface area contributed by atoms with Crippen molar-refractivity contribution < 1.29 is 4.74 Å². The van der Waals surface area contributed by atoms with Crippen molar-refractivity contribution in [2.75, 3.05) is 0 Å². The Hall–Kier alpha value is -1.52. The summed E-state index contributed by atoms with van der Waals surface area (Å²) < 4.78 is 7.51. The predicted octanol–water partition coefficient (Wildman–Crippen LogP) is 3.24. The van der Waals surface area contributed by atoms with Gasteiger partial charge in [0.2, 0.25) is 0 Å². The Kier molecular flexibility index (Phi) is 4.45. The van der Waals surface area contributed by atoms with Crippen LogP contribution in [0.4, 0.5) is 0 Å². The number of aromatic nitrogens is 2. The second kappa shape index (κ2) is 6.08. The van der Waals surface area contributed by atoms with Gasteiger partial charge < -0.3 is 10.5 Å². The Morgan fingerprint density at radius 3 is 2.79 bits per heavy atom. The Labute approximate surface area is 118 Å². The molecule has 0 radical (unpaired) electrons. The molecule has 1 atom stereocenters. The van der Waals surface area contributed by atoms with Crippen LogP contribution < -0.4 is 10.5 Å². The standard InChI is InChI=1S/C14H18ClN3O/c1-3-18-9-13(8-17-18)19-12-5-4-11(6-10(2)16)14(15)7-12/h4-5,7-10H,3,6,16H2,1-2H3. The number of halogens is 1. The maximum atomic E-state index is 6.22. The van der Waals surface area contributed by atoms with Crippen molar-refractivity contribution in [3.63, 3.8) is 0 Å². The Bertz CT molecular complexity index is 551. The molecule has 1 heterocycles. The van der Waals surface area contributed by atoms with Crippen molar-refractivity contribution in [1.29, 1.82) is 0 Å². The van der Waals surface area contributed by atoms with Crippen LogP contribution in [0.5, 0.6) is 11.5 Å². The molecule has 1 aromatic heterocycles. The van der Waals surface area contributed by atoms with Gasteiger partial charge in [0, 0.05) is 17.6 Å². The summed E-state index contributed by atoms with van der Waals surface area (Å²) in [5, 5.41) is 4.83. The van der Waals surface area contributed by atoms with E-state index in [0.717, 1.165) is 18.5 Å². The van der Waals surface area contributed by atoms with E-state index in [0.29, 0.717) is 16.5 Å². The van der Waals surface area contributed by atoms with Gasteiger partial charge in [-0.3, -0.25) is 4.68 Å². The average Bonchev–Trinajstić information content (AvgIpc) is 2.80. The summed E-state index contributed by atoms with van der Waals surface area (Å²) in [5.74, 6) is 1.41. The van der Waals surface area contributed by atoms with Crippen molar-refractivity contribution in [3.05, 3.63) is 41.2 Å². The number of hydrogen-bond acceptors (Lipinski definition) is 3. The van der Waals surface area contributed by atoms with Gasteiger partial charge in [-0.2, -0.15) is 5.10 Å². The number of rotatable bonds is 5. The molecule has 2 N–H and O–H groups in total. The van der Waals surface area contributed by atoms with Gasteiger partial charge in [-0.05, 0) is 38.0 Å². The minimum atomic E-state index is 0.0899. The number of benzene rings is 1. The Morgan fingerprint density at radius 2 is 2.21 bits per heavy atom. The van der Waals surface area contributed by atoms with E-state index in [1.165, 1.54) is 0 Å². The van der Waals surface area contributed by atoms with Crippen LogP contribution in [0.3, 0.4) is 0 Å². The number of nitrogens with two attached hydrogens (primary N) is 1. The number of aryl methyl sites for hydroxylation is 1. The van der Waals surface area contributed by atoms with Gasteiger partial charge >= 0.3 is 0 Å². The highest BCUT2D eigenvalue weighted by Gasteiger charge is 2.06. The molecule has 0 amide bonds. The zero-order valence-electron chi connectivity index (χ0n) is 11.1. The van der Waals surface area contributed by atoms with Gasteiger partial charge in [-0.25, -0.2) is 0 Å². The van der Waals surface area contributed by atoms with Crippen molar-refractivity contribution >= 4 is 11.6 Å². The van der Waals surface area contributed by atoms with E-state index in [-0.39, 0.29) is 6.04 Å². The molecule has 0 aliphatic rings. The largest absolute Gasteiger partial charge is 0.454 e. The van der Waals surface area contributed by atoms with E-state index in [1.807, 2.05) is 38.2 Å². The highest BCUT2D eigenvalue weighted by molar-refractivity contribution is 6.31. The van der Waals surface area contributed by atoms with Gasteiger partial charge in [0.15, 0.2) is 5.75 Å². The van der Waals surface area contributed by atoms with Crippen LogP contribution in [-0.4, -0.2) is 15.8 Å². The van der Waals surface area contributed by atoms with Crippen molar-refractivity contribution in [1.82, 2.24) is 9.78 Å². The molecule has 4 nitrogen and oxygen atoms in total. The predicted molar refractivity (Wildman–Crippen MR) is 76.8 cm³/mol. The second-order valence-electron chi connectivity index (χ2n) is 4.57. The molecule has 19 heavy (non-hydrogen) atoms. The van der Waals surface area contributed by atoms with Gasteiger partial charge in [0.25, 0.3) is 0 Å². The topological polar surface area (TPSA) is 53.1 Å². The van der Waals surface area contributed by atoms with Gasteiger partial charge in [0.1, 0.15) is 5.75 Å². The fourth-order valence-electron chi connectivity index (χ4n) is 1.81. The number of ether oxygens (including phenoxy) is 1. The molecular weight excluding hydrogens is 262 g/mol. The van der Waals surface area contributed by atoms with Crippen LogP contribution >= 0.6 is 11.6 Å². The lowest BCUT2D eigenvalue weighted by atomic mass is 10.1. The molecular formula is C14H18ClN3O. The van der Waals surface area contributed by atoms with Gasteiger partial charge in [0.05, 0.1) is 12.4 Å². The maximum Gasteiger partial charge on any atom is 0.165 e. The summed E-state index contributed by atoms with van der Waals surface area (Å²) in [6.45, 7) is 4.80. The third kappa shape index (κ3) is 3.72. The number of nitrogens with zero attached hydrogens (tertiary/aromatic N) is 2.